The summed E-state index contributed by atoms with van der Waals surface area (Å²) in [6.45, 7) is 3.06. The third-order valence-corrected chi connectivity index (χ3v) is 4.72. The van der Waals surface area contributed by atoms with Gasteiger partial charge >= 0.3 is 0 Å². The second-order valence-corrected chi connectivity index (χ2v) is 6.01. The summed E-state index contributed by atoms with van der Waals surface area (Å²) in [6.07, 6.45) is 6.85. The van der Waals surface area contributed by atoms with Gasteiger partial charge in [-0.15, -0.1) is 11.3 Å². The number of rotatable bonds is 2. The Hall–Kier alpha value is -0.340. The van der Waals surface area contributed by atoms with Crippen molar-refractivity contribution in [3.63, 3.8) is 0 Å². The first-order chi connectivity index (χ1) is 7.31. The molecule has 2 N–H and O–H groups in total. The molecule has 1 aliphatic rings. The van der Waals surface area contributed by atoms with E-state index in [1.54, 1.807) is 4.88 Å². The Morgan fingerprint density at radius 1 is 1.27 bits per heavy atom. The molecule has 1 fully saturated rings. The highest BCUT2D eigenvalue weighted by atomic mass is 32.1. The largest absolute Gasteiger partial charge is 0.330 e. The quantitative estimate of drug-likeness (QED) is 0.760. The van der Waals surface area contributed by atoms with E-state index in [4.69, 9.17) is 5.73 Å². The Morgan fingerprint density at radius 3 is 2.73 bits per heavy atom. The van der Waals surface area contributed by atoms with E-state index in [0.717, 1.165) is 18.4 Å². The van der Waals surface area contributed by atoms with Crippen LogP contribution in [0.4, 0.5) is 0 Å². The van der Waals surface area contributed by atoms with Crippen molar-refractivity contribution in [1.82, 2.24) is 0 Å². The van der Waals surface area contributed by atoms with Crippen molar-refractivity contribution in [2.75, 3.05) is 6.54 Å². The molecule has 1 aliphatic carbocycles. The van der Waals surface area contributed by atoms with Gasteiger partial charge in [0.05, 0.1) is 0 Å². The Balaban J connectivity index is 2.16. The van der Waals surface area contributed by atoms with Crippen molar-refractivity contribution in [3.05, 3.63) is 21.9 Å². The maximum absolute atomic E-state index is 5.91. The molecule has 0 amide bonds. The molecule has 1 heterocycles. The number of hydrogen-bond acceptors (Lipinski definition) is 2. The first-order valence-corrected chi connectivity index (χ1v) is 6.89. The molecule has 2 unspecified atom stereocenters. The average Bonchev–Trinajstić information content (AvgIpc) is 2.54. The minimum atomic E-state index is 0.727. The number of thiophene rings is 1. The summed E-state index contributed by atoms with van der Waals surface area (Å²) >= 11 is 1.97. The summed E-state index contributed by atoms with van der Waals surface area (Å²) in [5.41, 5.74) is 5.91. The van der Waals surface area contributed by atoms with E-state index in [0.29, 0.717) is 0 Å². The normalized spacial score (nSPS) is 27.6. The highest BCUT2D eigenvalue weighted by Crippen LogP contribution is 2.38. The van der Waals surface area contributed by atoms with Gasteiger partial charge in [-0.3, -0.25) is 0 Å². The molecule has 15 heavy (non-hydrogen) atoms. The molecule has 84 valence electrons. The average molecular weight is 223 g/mol. The third-order valence-electron chi connectivity index (χ3n) is 3.59. The van der Waals surface area contributed by atoms with Crippen molar-refractivity contribution in [2.24, 2.45) is 11.7 Å². The first kappa shape index (κ1) is 11.2. The lowest BCUT2D eigenvalue weighted by atomic mass is 9.87. The molecule has 1 nitrogen and oxygen atoms in total. The molecule has 0 spiro atoms. The topological polar surface area (TPSA) is 26.0 Å². The maximum atomic E-state index is 5.91. The fourth-order valence-electron chi connectivity index (χ4n) is 2.69. The lowest BCUT2D eigenvalue weighted by Gasteiger charge is -2.22. The summed E-state index contributed by atoms with van der Waals surface area (Å²) in [7, 11) is 0. The minimum absolute atomic E-state index is 0.727. The van der Waals surface area contributed by atoms with E-state index in [2.05, 4.69) is 19.1 Å². The van der Waals surface area contributed by atoms with Gasteiger partial charge in [0.1, 0.15) is 0 Å². The Kier molecular flexibility index (Phi) is 3.81. The van der Waals surface area contributed by atoms with Gasteiger partial charge in [-0.1, -0.05) is 19.3 Å². The Bertz CT molecular complexity index is 305. The summed E-state index contributed by atoms with van der Waals surface area (Å²) in [4.78, 5) is 3.01. The molecule has 0 bridgehead atoms. The van der Waals surface area contributed by atoms with Gasteiger partial charge in [0.15, 0.2) is 0 Å². The highest BCUT2D eigenvalue weighted by Gasteiger charge is 2.24. The molecule has 0 saturated heterocycles. The van der Waals surface area contributed by atoms with E-state index in [1.807, 2.05) is 11.3 Å². The second kappa shape index (κ2) is 5.13. The summed E-state index contributed by atoms with van der Waals surface area (Å²) in [5, 5.41) is 0. The van der Waals surface area contributed by atoms with E-state index in [9.17, 15) is 0 Å². The van der Waals surface area contributed by atoms with Gasteiger partial charge in [0, 0.05) is 9.75 Å². The summed E-state index contributed by atoms with van der Waals surface area (Å²) < 4.78 is 0. The van der Waals surface area contributed by atoms with Gasteiger partial charge in [-0.25, -0.2) is 0 Å². The zero-order valence-electron chi connectivity index (χ0n) is 9.54. The van der Waals surface area contributed by atoms with Gasteiger partial charge in [-0.2, -0.15) is 0 Å². The van der Waals surface area contributed by atoms with Crippen LogP contribution in [0.25, 0.3) is 0 Å². The van der Waals surface area contributed by atoms with Crippen molar-refractivity contribution >= 4 is 11.3 Å². The third kappa shape index (κ3) is 2.61. The molecule has 2 rings (SSSR count). The van der Waals surface area contributed by atoms with Crippen LogP contribution >= 0.6 is 11.3 Å². The number of nitrogens with two attached hydrogens (primary N) is 1. The van der Waals surface area contributed by atoms with E-state index < -0.39 is 0 Å². The molecule has 0 aromatic carbocycles. The molecule has 2 atom stereocenters. The van der Waals surface area contributed by atoms with Crippen molar-refractivity contribution in [1.29, 1.82) is 0 Å². The molecular formula is C13H21NS. The Morgan fingerprint density at radius 2 is 2.07 bits per heavy atom. The molecule has 1 aromatic heterocycles. The van der Waals surface area contributed by atoms with Crippen LogP contribution in [0.2, 0.25) is 0 Å². The molecule has 0 radical (unpaired) electrons. The van der Waals surface area contributed by atoms with Crippen LogP contribution < -0.4 is 5.73 Å². The number of aryl methyl sites for hydroxylation is 1. The van der Waals surface area contributed by atoms with Crippen LogP contribution in [-0.4, -0.2) is 6.54 Å². The van der Waals surface area contributed by atoms with Crippen LogP contribution in [0, 0.1) is 12.8 Å². The van der Waals surface area contributed by atoms with Gasteiger partial charge in [0.25, 0.3) is 0 Å². The van der Waals surface area contributed by atoms with E-state index in [1.165, 1.54) is 37.0 Å². The van der Waals surface area contributed by atoms with Gasteiger partial charge < -0.3 is 5.73 Å². The fourth-order valence-corrected chi connectivity index (χ4v) is 3.80. The van der Waals surface area contributed by atoms with E-state index >= 15 is 0 Å². The lowest BCUT2D eigenvalue weighted by Crippen LogP contribution is -2.20. The Labute approximate surface area is 96.7 Å². The lowest BCUT2D eigenvalue weighted by molar-refractivity contribution is 0.413. The van der Waals surface area contributed by atoms with Crippen LogP contribution in [0.3, 0.4) is 0 Å². The first-order valence-electron chi connectivity index (χ1n) is 6.07. The highest BCUT2D eigenvalue weighted by molar-refractivity contribution is 7.12. The number of hydrogen-bond donors (Lipinski definition) is 1. The molecule has 1 saturated carbocycles. The predicted molar refractivity (Wildman–Crippen MR) is 67.4 cm³/mol. The fraction of sp³-hybridized carbons (Fsp3) is 0.692. The second-order valence-electron chi connectivity index (χ2n) is 4.69. The zero-order chi connectivity index (χ0) is 10.7. The smallest absolute Gasteiger partial charge is 0.00822 e. The van der Waals surface area contributed by atoms with Gasteiger partial charge in [-0.05, 0) is 50.3 Å². The van der Waals surface area contributed by atoms with Crippen molar-refractivity contribution in [2.45, 2.75) is 44.9 Å². The monoisotopic (exact) mass is 223 g/mol. The standard InChI is InChI=1S/C13H21NS/c1-10-7-8-13(15-10)12-6-4-2-3-5-11(12)9-14/h7-8,11-12H,2-6,9,14H2,1H3. The molecule has 0 aliphatic heterocycles. The van der Waals surface area contributed by atoms with Crippen molar-refractivity contribution in [3.8, 4) is 0 Å². The van der Waals surface area contributed by atoms with Crippen LogP contribution in [-0.2, 0) is 0 Å². The summed E-state index contributed by atoms with van der Waals surface area (Å²) in [6, 6.07) is 4.57. The minimum Gasteiger partial charge on any atom is -0.330 e. The summed E-state index contributed by atoms with van der Waals surface area (Å²) in [5.74, 6) is 1.47. The molecular weight excluding hydrogens is 202 g/mol. The maximum Gasteiger partial charge on any atom is 0.00822 e. The van der Waals surface area contributed by atoms with Gasteiger partial charge in [0.2, 0.25) is 0 Å². The molecule has 1 aromatic rings. The zero-order valence-corrected chi connectivity index (χ0v) is 10.4. The van der Waals surface area contributed by atoms with Crippen molar-refractivity contribution < 1.29 is 0 Å². The predicted octanol–water partition coefficient (Wildman–Crippen LogP) is 3.68. The molecule has 2 heteroatoms. The SMILES string of the molecule is Cc1ccc(C2CCCCCC2CN)s1. The van der Waals surface area contributed by atoms with Crippen LogP contribution in [0.1, 0.15) is 47.8 Å². The van der Waals surface area contributed by atoms with Crippen LogP contribution in [0.15, 0.2) is 12.1 Å². The van der Waals surface area contributed by atoms with E-state index in [-0.39, 0.29) is 0 Å². The van der Waals surface area contributed by atoms with Crippen LogP contribution in [0.5, 0.6) is 0 Å².